The summed E-state index contributed by atoms with van der Waals surface area (Å²) >= 11 is 1.40. The number of nitrogens with one attached hydrogen (secondary N) is 1. The van der Waals surface area contributed by atoms with Gasteiger partial charge in [-0.2, -0.15) is 0 Å². The van der Waals surface area contributed by atoms with Crippen molar-refractivity contribution >= 4 is 27.1 Å². The van der Waals surface area contributed by atoms with E-state index in [0.717, 1.165) is 11.1 Å². The Bertz CT molecular complexity index is 468. The second-order valence-electron chi connectivity index (χ2n) is 4.00. The summed E-state index contributed by atoms with van der Waals surface area (Å²) < 4.78 is 22.1. The van der Waals surface area contributed by atoms with E-state index < -0.39 is 21.9 Å². The molecule has 0 saturated heterocycles. The van der Waals surface area contributed by atoms with Crippen molar-refractivity contribution in [1.29, 1.82) is 0 Å². The largest absolute Gasteiger partial charge is 0.351 e. The summed E-state index contributed by atoms with van der Waals surface area (Å²) in [6, 6.07) is 2.41. The molecule has 17 heavy (non-hydrogen) atoms. The van der Waals surface area contributed by atoms with E-state index in [2.05, 4.69) is 5.32 Å². The van der Waals surface area contributed by atoms with Crippen LogP contribution in [0.25, 0.3) is 0 Å². The molecule has 0 aliphatic carbocycles. The molecule has 0 bridgehead atoms. The molecule has 96 valence electrons. The lowest BCUT2D eigenvalue weighted by Gasteiger charge is -2.16. The van der Waals surface area contributed by atoms with E-state index in [-0.39, 0.29) is 11.7 Å². The van der Waals surface area contributed by atoms with Gasteiger partial charge in [-0.3, -0.25) is 4.79 Å². The highest BCUT2D eigenvalue weighted by molar-refractivity contribution is 7.90. The number of sulfone groups is 1. The van der Waals surface area contributed by atoms with Crippen LogP contribution in [0.2, 0.25) is 0 Å². The first-order chi connectivity index (χ1) is 7.79. The third kappa shape index (κ3) is 4.84. The maximum Gasteiger partial charge on any atom is 0.242 e. The Morgan fingerprint density at radius 3 is 2.71 bits per heavy atom. The maximum absolute atomic E-state index is 11.7. The minimum absolute atomic E-state index is 0.0874. The van der Waals surface area contributed by atoms with E-state index in [1.807, 2.05) is 11.4 Å². The molecule has 1 heterocycles. The van der Waals surface area contributed by atoms with Crippen LogP contribution in [0.5, 0.6) is 0 Å². The quantitative estimate of drug-likeness (QED) is 0.809. The van der Waals surface area contributed by atoms with E-state index in [1.54, 1.807) is 13.0 Å². The summed E-state index contributed by atoms with van der Waals surface area (Å²) in [5, 5.41) is 4.42. The average molecular weight is 276 g/mol. The molecule has 0 radical (unpaired) electrons. The van der Waals surface area contributed by atoms with E-state index in [4.69, 9.17) is 5.73 Å². The van der Waals surface area contributed by atoms with Crippen LogP contribution in [0.1, 0.15) is 17.8 Å². The SMILES string of the molecule is CC(CS(C)(=O)=O)NC(=O)C(N)c1cccs1. The topological polar surface area (TPSA) is 89.3 Å². The predicted octanol–water partition coefficient (Wildman–Crippen LogP) is 0.297. The predicted molar refractivity (Wildman–Crippen MR) is 68.6 cm³/mol. The Hall–Kier alpha value is -0.920. The number of hydrogen-bond donors (Lipinski definition) is 2. The van der Waals surface area contributed by atoms with Gasteiger partial charge in [0.05, 0.1) is 5.75 Å². The number of carbonyl (C=O) groups excluding carboxylic acids is 1. The van der Waals surface area contributed by atoms with Crippen molar-refractivity contribution < 1.29 is 13.2 Å². The van der Waals surface area contributed by atoms with Crippen molar-refractivity contribution in [3.63, 3.8) is 0 Å². The molecule has 1 aromatic heterocycles. The molecule has 7 heteroatoms. The van der Waals surface area contributed by atoms with Crippen molar-refractivity contribution in [2.24, 2.45) is 5.73 Å². The Balaban J connectivity index is 2.55. The zero-order chi connectivity index (χ0) is 13.1. The standard InChI is InChI=1S/C10H16N2O3S2/c1-7(6-17(2,14)15)12-10(13)9(11)8-4-3-5-16-8/h3-5,7,9H,6,11H2,1-2H3,(H,12,13). The van der Waals surface area contributed by atoms with Crippen molar-refractivity contribution in [3.8, 4) is 0 Å². The molecule has 0 saturated carbocycles. The van der Waals surface area contributed by atoms with Crippen LogP contribution in [0, 0.1) is 0 Å². The molecule has 2 atom stereocenters. The van der Waals surface area contributed by atoms with Gasteiger partial charge in [-0.25, -0.2) is 8.42 Å². The van der Waals surface area contributed by atoms with E-state index >= 15 is 0 Å². The molecule has 0 spiro atoms. The summed E-state index contributed by atoms with van der Waals surface area (Å²) in [6.07, 6.45) is 1.13. The maximum atomic E-state index is 11.7. The number of hydrogen-bond acceptors (Lipinski definition) is 5. The number of rotatable bonds is 5. The van der Waals surface area contributed by atoms with Gasteiger partial charge in [0.25, 0.3) is 0 Å². The highest BCUT2D eigenvalue weighted by Crippen LogP contribution is 2.16. The van der Waals surface area contributed by atoms with Crippen LogP contribution in [0.3, 0.4) is 0 Å². The average Bonchev–Trinajstić information content (AvgIpc) is 2.65. The van der Waals surface area contributed by atoms with Gasteiger partial charge < -0.3 is 11.1 Å². The zero-order valence-corrected chi connectivity index (χ0v) is 11.3. The first-order valence-corrected chi connectivity index (χ1v) is 8.00. The number of amides is 1. The molecule has 2 unspecified atom stereocenters. The molecule has 1 rings (SSSR count). The third-order valence-corrected chi connectivity index (χ3v) is 4.13. The lowest BCUT2D eigenvalue weighted by molar-refractivity contribution is -0.122. The monoisotopic (exact) mass is 276 g/mol. The van der Waals surface area contributed by atoms with Crippen LogP contribution in [0.15, 0.2) is 17.5 Å². The minimum atomic E-state index is -3.10. The Labute approximate surface area is 105 Å². The molecule has 0 aliphatic rings. The summed E-state index contributed by atoms with van der Waals surface area (Å²) in [7, 11) is -3.10. The number of carbonyl (C=O) groups is 1. The first kappa shape index (κ1) is 14.1. The van der Waals surface area contributed by atoms with E-state index in [1.165, 1.54) is 11.3 Å². The van der Waals surface area contributed by atoms with Gasteiger partial charge in [0.1, 0.15) is 15.9 Å². The van der Waals surface area contributed by atoms with Crippen molar-refractivity contribution in [2.45, 2.75) is 19.0 Å². The fraction of sp³-hybridized carbons (Fsp3) is 0.500. The Kier molecular flexibility index (Phi) is 4.67. The van der Waals surface area contributed by atoms with Crippen molar-refractivity contribution in [2.75, 3.05) is 12.0 Å². The third-order valence-electron chi connectivity index (χ3n) is 2.07. The Morgan fingerprint density at radius 1 is 1.59 bits per heavy atom. The van der Waals surface area contributed by atoms with Gasteiger partial charge in [-0.05, 0) is 18.4 Å². The summed E-state index contributed by atoms with van der Waals surface area (Å²) in [4.78, 5) is 12.5. The molecular formula is C10H16N2O3S2. The van der Waals surface area contributed by atoms with Gasteiger partial charge in [-0.1, -0.05) is 6.07 Å². The molecule has 0 fully saturated rings. The normalized spacial score (nSPS) is 15.2. The van der Waals surface area contributed by atoms with Crippen molar-refractivity contribution in [3.05, 3.63) is 22.4 Å². The number of thiophene rings is 1. The summed E-state index contributed by atoms with van der Waals surface area (Å²) in [5.74, 6) is -0.445. The Morgan fingerprint density at radius 2 is 2.24 bits per heavy atom. The fourth-order valence-corrected chi connectivity index (χ4v) is 3.14. The van der Waals surface area contributed by atoms with E-state index in [0.29, 0.717) is 0 Å². The molecule has 1 amide bonds. The lowest BCUT2D eigenvalue weighted by atomic mass is 10.2. The van der Waals surface area contributed by atoms with Gasteiger partial charge in [0, 0.05) is 17.2 Å². The van der Waals surface area contributed by atoms with Crippen LogP contribution in [-0.2, 0) is 14.6 Å². The van der Waals surface area contributed by atoms with Crippen LogP contribution in [-0.4, -0.2) is 32.4 Å². The van der Waals surface area contributed by atoms with Gasteiger partial charge in [0.15, 0.2) is 0 Å². The highest BCUT2D eigenvalue weighted by atomic mass is 32.2. The van der Waals surface area contributed by atoms with Crippen LogP contribution in [0.4, 0.5) is 0 Å². The molecule has 5 nitrogen and oxygen atoms in total. The lowest BCUT2D eigenvalue weighted by Crippen LogP contribution is -2.42. The second-order valence-corrected chi connectivity index (χ2v) is 7.16. The fourth-order valence-electron chi connectivity index (χ4n) is 1.43. The van der Waals surface area contributed by atoms with Crippen LogP contribution < -0.4 is 11.1 Å². The van der Waals surface area contributed by atoms with Gasteiger partial charge in [-0.15, -0.1) is 11.3 Å². The highest BCUT2D eigenvalue weighted by Gasteiger charge is 2.20. The first-order valence-electron chi connectivity index (χ1n) is 5.06. The minimum Gasteiger partial charge on any atom is -0.351 e. The molecule has 0 aromatic carbocycles. The molecule has 0 aliphatic heterocycles. The van der Waals surface area contributed by atoms with Gasteiger partial charge in [0.2, 0.25) is 5.91 Å². The molecular weight excluding hydrogens is 260 g/mol. The summed E-state index contributed by atoms with van der Waals surface area (Å²) in [6.45, 7) is 1.64. The summed E-state index contributed by atoms with van der Waals surface area (Å²) in [5.41, 5.74) is 5.74. The molecule has 3 N–H and O–H groups in total. The smallest absolute Gasteiger partial charge is 0.242 e. The zero-order valence-electron chi connectivity index (χ0n) is 9.71. The van der Waals surface area contributed by atoms with E-state index in [9.17, 15) is 13.2 Å². The number of nitrogens with two attached hydrogens (primary N) is 1. The van der Waals surface area contributed by atoms with Gasteiger partial charge >= 0.3 is 0 Å². The second kappa shape index (κ2) is 5.61. The van der Waals surface area contributed by atoms with Crippen molar-refractivity contribution in [1.82, 2.24) is 5.32 Å². The molecule has 1 aromatic rings. The van der Waals surface area contributed by atoms with Crippen LogP contribution >= 0.6 is 11.3 Å².